The van der Waals surface area contributed by atoms with Crippen molar-refractivity contribution >= 4 is 50.6 Å². The van der Waals surface area contributed by atoms with Crippen molar-refractivity contribution in [3.8, 4) is 6.07 Å². The summed E-state index contributed by atoms with van der Waals surface area (Å²) in [5, 5.41) is 12.8. The first-order chi connectivity index (χ1) is 8.58. The molecule has 1 aromatic carbocycles. The summed E-state index contributed by atoms with van der Waals surface area (Å²) < 4.78 is 0.840. The highest BCUT2D eigenvalue weighted by Crippen LogP contribution is 2.28. The minimum Gasteiger partial charge on any atom is -0.339 e. The zero-order valence-corrected chi connectivity index (χ0v) is 12.0. The monoisotopic (exact) mass is 341 g/mol. The highest BCUT2D eigenvalue weighted by molar-refractivity contribution is 9.10. The Morgan fingerprint density at radius 2 is 2.00 bits per heavy atom. The summed E-state index contributed by atoms with van der Waals surface area (Å²) in [4.78, 5) is 4.09. The lowest BCUT2D eigenvalue weighted by atomic mass is 10.2. The van der Waals surface area contributed by atoms with Gasteiger partial charge in [-0.05, 0) is 46.3 Å². The van der Waals surface area contributed by atoms with E-state index in [0.29, 0.717) is 16.4 Å². The maximum Gasteiger partial charge on any atom is 0.133 e. The lowest BCUT2D eigenvalue weighted by molar-refractivity contribution is 1.29. The van der Waals surface area contributed by atoms with E-state index in [1.165, 1.54) is 6.07 Å². The molecule has 0 aliphatic carbocycles. The molecule has 0 unspecified atom stereocenters. The average molecular weight is 343 g/mol. The van der Waals surface area contributed by atoms with Gasteiger partial charge >= 0.3 is 0 Å². The van der Waals surface area contributed by atoms with Crippen molar-refractivity contribution in [3.63, 3.8) is 0 Å². The van der Waals surface area contributed by atoms with Crippen LogP contribution in [0.1, 0.15) is 5.56 Å². The fraction of sp³-hybridized carbons (Fsp3) is 0. The van der Waals surface area contributed by atoms with Gasteiger partial charge in [-0.2, -0.15) is 5.26 Å². The predicted octanol–water partition coefficient (Wildman–Crippen LogP) is 4.77. The molecule has 2 rings (SSSR count). The van der Waals surface area contributed by atoms with Crippen LogP contribution in [0.25, 0.3) is 0 Å². The Morgan fingerprint density at radius 3 is 2.72 bits per heavy atom. The molecule has 0 saturated carbocycles. The maximum atomic E-state index is 8.86. The second-order valence-electron chi connectivity index (χ2n) is 3.42. The van der Waals surface area contributed by atoms with E-state index in [4.69, 9.17) is 28.5 Å². The third kappa shape index (κ3) is 3.14. The zero-order valence-electron chi connectivity index (χ0n) is 8.92. The second kappa shape index (κ2) is 5.57. The van der Waals surface area contributed by atoms with Crippen LogP contribution in [0.3, 0.4) is 0 Å². The Morgan fingerprint density at radius 1 is 1.22 bits per heavy atom. The Kier molecular flexibility index (Phi) is 4.07. The minimum atomic E-state index is 0.259. The van der Waals surface area contributed by atoms with Crippen LogP contribution in [0.2, 0.25) is 10.2 Å². The number of pyridine rings is 1. The smallest absolute Gasteiger partial charge is 0.133 e. The molecule has 0 atom stereocenters. The molecule has 1 heterocycles. The molecule has 0 saturated heterocycles. The van der Waals surface area contributed by atoms with E-state index in [9.17, 15) is 0 Å². The maximum absolute atomic E-state index is 8.86. The Hall–Kier alpha value is -1.28. The number of rotatable bonds is 2. The van der Waals surface area contributed by atoms with Gasteiger partial charge in [-0.25, -0.2) is 4.98 Å². The quantitative estimate of drug-likeness (QED) is 0.800. The van der Waals surface area contributed by atoms with E-state index >= 15 is 0 Å². The van der Waals surface area contributed by atoms with E-state index in [2.05, 4.69) is 26.2 Å². The number of nitrogens with zero attached hydrogens (tertiary/aromatic N) is 2. The molecule has 90 valence electrons. The van der Waals surface area contributed by atoms with Crippen molar-refractivity contribution in [2.75, 3.05) is 5.32 Å². The van der Waals surface area contributed by atoms with Gasteiger partial charge in [-0.3, -0.25) is 0 Å². The number of aromatic nitrogens is 1. The van der Waals surface area contributed by atoms with Crippen LogP contribution in [-0.4, -0.2) is 4.98 Å². The van der Waals surface area contributed by atoms with Crippen LogP contribution in [-0.2, 0) is 0 Å². The van der Waals surface area contributed by atoms with E-state index in [1.54, 1.807) is 18.2 Å². The number of benzene rings is 1. The van der Waals surface area contributed by atoms with Gasteiger partial charge in [-0.1, -0.05) is 23.2 Å². The van der Waals surface area contributed by atoms with E-state index in [0.717, 1.165) is 10.2 Å². The van der Waals surface area contributed by atoms with Gasteiger partial charge in [0.15, 0.2) is 0 Å². The second-order valence-corrected chi connectivity index (χ2v) is 5.10. The zero-order chi connectivity index (χ0) is 13.1. The number of hydrogen-bond acceptors (Lipinski definition) is 3. The van der Waals surface area contributed by atoms with Crippen molar-refractivity contribution < 1.29 is 0 Å². The molecular formula is C12H6BrCl2N3. The van der Waals surface area contributed by atoms with Crippen LogP contribution >= 0.6 is 39.1 Å². The Bertz CT molecular complexity index is 638. The topological polar surface area (TPSA) is 48.7 Å². The lowest BCUT2D eigenvalue weighted by Crippen LogP contribution is -1.95. The summed E-state index contributed by atoms with van der Waals surface area (Å²) >= 11 is 15.1. The van der Waals surface area contributed by atoms with E-state index < -0.39 is 0 Å². The first-order valence-corrected chi connectivity index (χ1v) is 6.43. The molecule has 2 aromatic rings. The highest BCUT2D eigenvalue weighted by Gasteiger charge is 2.05. The summed E-state index contributed by atoms with van der Waals surface area (Å²) in [6.45, 7) is 0. The fourth-order valence-electron chi connectivity index (χ4n) is 1.36. The SMILES string of the molecule is N#Cc1cc(Cl)nc(Nc2cc(Cl)ccc2Br)c1. The third-order valence-corrected chi connectivity index (χ3v) is 3.23. The van der Waals surface area contributed by atoms with Crippen molar-refractivity contribution in [2.45, 2.75) is 0 Å². The van der Waals surface area contributed by atoms with E-state index in [-0.39, 0.29) is 5.15 Å². The Balaban J connectivity index is 2.37. The molecule has 0 spiro atoms. The number of nitriles is 1. The van der Waals surface area contributed by atoms with Gasteiger partial charge in [0.1, 0.15) is 11.0 Å². The summed E-state index contributed by atoms with van der Waals surface area (Å²) in [5.41, 5.74) is 1.19. The Labute approximate surface area is 122 Å². The fourth-order valence-corrected chi connectivity index (χ4v) is 2.08. The van der Waals surface area contributed by atoms with Crippen molar-refractivity contribution in [1.29, 1.82) is 5.26 Å². The third-order valence-electron chi connectivity index (χ3n) is 2.11. The largest absolute Gasteiger partial charge is 0.339 e. The van der Waals surface area contributed by atoms with Crippen molar-refractivity contribution in [3.05, 3.63) is 50.5 Å². The molecule has 1 aromatic heterocycles. The number of halogens is 3. The number of anilines is 2. The van der Waals surface area contributed by atoms with Gasteiger partial charge in [0.05, 0.1) is 17.3 Å². The normalized spacial score (nSPS) is 9.89. The van der Waals surface area contributed by atoms with Crippen LogP contribution in [0.5, 0.6) is 0 Å². The summed E-state index contributed by atoms with van der Waals surface area (Å²) in [5.74, 6) is 0.488. The first-order valence-electron chi connectivity index (χ1n) is 4.88. The average Bonchev–Trinajstić information content (AvgIpc) is 2.33. The van der Waals surface area contributed by atoms with Crippen LogP contribution < -0.4 is 5.32 Å². The van der Waals surface area contributed by atoms with Crippen molar-refractivity contribution in [1.82, 2.24) is 4.98 Å². The molecule has 0 bridgehead atoms. The van der Waals surface area contributed by atoms with Gasteiger partial charge in [0.25, 0.3) is 0 Å². The summed E-state index contributed by atoms with van der Waals surface area (Å²) in [6, 6.07) is 10.5. The van der Waals surface area contributed by atoms with Crippen LogP contribution in [0, 0.1) is 11.3 Å². The molecule has 0 aliphatic rings. The molecule has 3 nitrogen and oxygen atoms in total. The van der Waals surface area contributed by atoms with Crippen LogP contribution in [0.15, 0.2) is 34.8 Å². The molecule has 6 heteroatoms. The molecule has 0 fully saturated rings. The van der Waals surface area contributed by atoms with Gasteiger partial charge in [0.2, 0.25) is 0 Å². The minimum absolute atomic E-state index is 0.259. The predicted molar refractivity (Wildman–Crippen MR) is 76.4 cm³/mol. The molecular weight excluding hydrogens is 337 g/mol. The number of nitrogens with one attached hydrogen (secondary N) is 1. The van der Waals surface area contributed by atoms with Crippen LogP contribution in [0.4, 0.5) is 11.5 Å². The molecule has 0 aliphatic heterocycles. The molecule has 1 N–H and O–H groups in total. The lowest BCUT2D eigenvalue weighted by Gasteiger charge is -2.08. The standard InChI is InChI=1S/C12H6BrCl2N3/c13-9-2-1-8(14)5-10(9)17-12-4-7(6-16)3-11(15)18-12/h1-5H,(H,17,18). The molecule has 18 heavy (non-hydrogen) atoms. The van der Waals surface area contributed by atoms with Crippen molar-refractivity contribution in [2.24, 2.45) is 0 Å². The summed E-state index contributed by atoms with van der Waals surface area (Å²) in [6.07, 6.45) is 0. The summed E-state index contributed by atoms with van der Waals surface area (Å²) in [7, 11) is 0. The van der Waals surface area contributed by atoms with Gasteiger partial charge in [-0.15, -0.1) is 0 Å². The van der Waals surface area contributed by atoms with E-state index in [1.807, 2.05) is 12.1 Å². The number of hydrogen-bond donors (Lipinski definition) is 1. The molecule has 0 amide bonds. The van der Waals surface area contributed by atoms with Gasteiger partial charge in [0, 0.05) is 9.50 Å². The van der Waals surface area contributed by atoms with Gasteiger partial charge < -0.3 is 5.32 Å². The molecule has 0 radical (unpaired) electrons. The first kappa shape index (κ1) is 13.2. The highest BCUT2D eigenvalue weighted by atomic mass is 79.9.